The highest BCUT2D eigenvalue weighted by Crippen LogP contribution is 2.40. The summed E-state index contributed by atoms with van der Waals surface area (Å²) < 4.78 is 5.92. The van der Waals surface area contributed by atoms with Crippen molar-refractivity contribution in [1.29, 1.82) is 0 Å². The van der Waals surface area contributed by atoms with Crippen molar-refractivity contribution in [2.45, 2.75) is 6.42 Å². The molecule has 0 bridgehead atoms. The van der Waals surface area contributed by atoms with Crippen molar-refractivity contribution < 1.29 is 4.74 Å². The van der Waals surface area contributed by atoms with Crippen molar-refractivity contribution in [2.75, 3.05) is 6.61 Å². The van der Waals surface area contributed by atoms with E-state index in [4.69, 9.17) is 4.74 Å². The van der Waals surface area contributed by atoms with Gasteiger partial charge in [0.2, 0.25) is 0 Å². The van der Waals surface area contributed by atoms with Gasteiger partial charge >= 0.3 is 0 Å². The van der Waals surface area contributed by atoms with Gasteiger partial charge in [0.05, 0.1) is 6.61 Å². The number of benzene rings is 2. The SMILES string of the molecule is c1cc2c(c(-c3c[nH]c4ncc(-c5ccc6[nH]ccc6c5)cc34)c1)OCC2. The second kappa shape index (κ2) is 5.48. The molecule has 2 N–H and O–H groups in total. The fraction of sp³-hybridized carbons (Fsp3) is 0.0870. The van der Waals surface area contributed by atoms with Crippen LogP contribution in [0.2, 0.25) is 0 Å². The molecule has 0 saturated carbocycles. The number of pyridine rings is 1. The van der Waals surface area contributed by atoms with Crippen LogP contribution in [0.5, 0.6) is 5.75 Å². The molecule has 4 nitrogen and oxygen atoms in total. The molecule has 0 unspecified atom stereocenters. The molecule has 0 radical (unpaired) electrons. The highest BCUT2D eigenvalue weighted by atomic mass is 16.5. The minimum Gasteiger partial charge on any atom is -0.492 e. The van der Waals surface area contributed by atoms with Crippen molar-refractivity contribution in [2.24, 2.45) is 0 Å². The summed E-state index contributed by atoms with van der Waals surface area (Å²) in [5.74, 6) is 1.01. The molecule has 4 heteroatoms. The lowest BCUT2D eigenvalue weighted by atomic mass is 9.99. The molecule has 27 heavy (non-hydrogen) atoms. The van der Waals surface area contributed by atoms with Crippen molar-refractivity contribution in [3.8, 4) is 28.0 Å². The molecule has 0 amide bonds. The van der Waals surface area contributed by atoms with Crippen molar-refractivity contribution in [3.05, 3.63) is 72.7 Å². The maximum atomic E-state index is 5.92. The number of para-hydroxylation sites is 1. The first-order valence-corrected chi connectivity index (χ1v) is 9.16. The third-order valence-corrected chi connectivity index (χ3v) is 5.42. The highest BCUT2D eigenvalue weighted by Gasteiger charge is 2.19. The second-order valence-corrected chi connectivity index (χ2v) is 6.99. The number of aromatic amines is 2. The number of H-pyrrole nitrogens is 2. The van der Waals surface area contributed by atoms with Crippen LogP contribution in [0.25, 0.3) is 44.2 Å². The lowest BCUT2D eigenvalue weighted by Gasteiger charge is -2.08. The van der Waals surface area contributed by atoms with Crippen molar-refractivity contribution >= 4 is 21.9 Å². The summed E-state index contributed by atoms with van der Waals surface area (Å²) in [6, 6.07) is 17.2. The first-order chi connectivity index (χ1) is 13.4. The Balaban J connectivity index is 1.54. The molecule has 130 valence electrons. The van der Waals surface area contributed by atoms with Crippen LogP contribution in [-0.4, -0.2) is 21.6 Å². The molecular weight excluding hydrogens is 334 g/mol. The number of hydrogen-bond acceptors (Lipinski definition) is 2. The Morgan fingerprint density at radius 1 is 0.926 bits per heavy atom. The summed E-state index contributed by atoms with van der Waals surface area (Å²) in [7, 11) is 0. The van der Waals surface area contributed by atoms with Crippen LogP contribution in [-0.2, 0) is 6.42 Å². The number of nitrogens with zero attached hydrogens (tertiary/aromatic N) is 1. The Labute approximate surface area is 155 Å². The van der Waals surface area contributed by atoms with Crippen LogP contribution in [0.3, 0.4) is 0 Å². The molecule has 1 aliphatic rings. The fourth-order valence-corrected chi connectivity index (χ4v) is 4.04. The molecule has 5 aromatic rings. The predicted octanol–water partition coefficient (Wildman–Crippen LogP) is 5.31. The van der Waals surface area contributed by atoms with Gasteiger partial charge in [0, 0.05) is 52.6 Å². The van der Waals surface area contributed by atoms with E-state index in [1.807, 2.05) is 18.6 Å². The Morgan fingerprint density at radius 2 is 1.93 bits per heavy atom. The van der Waals surface area contributed by atoms with Crippen LogP contribution in [0.4, 0.5) is 0 Å². The van der Waals surface area contributed by atoms with Gasteiger partial charge < -0.3 is 14.7 Å². The lowest BCUT2D eigenvalue weighted by Crippen LogP contribution is -1.88. The number of fused-ring (bicyclic) bond motifs is 3. The van der Waals surface area contributed by atoms with Crippen LogP contribution >= 0.6 is 0 Å². The Bertz CT molecular complexity index is 1310. The Hall–Kier alpha value is -3.53. The average Bonchev–Trinajstić information content (AvgIpc) is 3.44. The molecule has 0 saturated heterocycles. The molecule has 0 aliphatic carbocycles. The van der Waals surface area contributed by atoms with Crippen LogP contribution in [0.15, 0.2) is 67.1 Å². The zero-order valence-electron chi connectivity index (χ0n) is 14.6. The van der Waals surface area contributed by atoms with Crippen LogP contribution in [0.1, 0.15) is 5.56 Å². The van der Waals surface area contributed by atoms with Gasteiger partial charge in [0.1, 0.15) is 11.4 Å². The van der Waals surface area contributed by atoms with Gasteiger partial charge in [-0.2, -0.15) is 0 Å². The molecule has 3 aromatic heterocycles. The van der Waals surface area contributed by atoms with Crippen molar-refractivity contribution in [1.82, 2.24) is 15.0 Å². The minimum atomic E-state index is 0.759. The predicted molar refractivity (Wildman–Crippen MR) is 108 cm³/mol. The summed E-state index contributed by atoms with van der Waals surface area (Å²) in [5, 5.41) is 2.32. The standard InChI is InChI=1S/C23H17N3O/c1-2-14-7-9-27-22(14)18(3-1)20-13-26-23-19(20)11-17(12-25-23)15-4-5-21-16(10-15)6-8-24-21/h1-6,8,10-13,24H,7,9H2,(H,25,26). The van der Waals surface area contributed by atoms with Crippen LogP contribution < -0.4 is 4.74 Å². The summed E-state index contributed by atoms with van der Waals surface area (Å²) in [6.07, 6.45) is 6.91. The van der Waals surface area contributed by atoms with E-state index < -0.39 is 0 Å². The molecule has 2 aromatic carbocycles. The topological polar surface area (TPSA) is 53.7 Å². The highest BCUT2D eigenvalue weighted by molar-refractivity contribution is 5.98. The normalized spacial score (nSPS) is 13.2. The molecule has 4 heterocycles. The van der Waals surface area contributed by atoms with Gasteiger partial charge in [-0.1, -0.05) is 24.3 Å². The lowest BCUT2D eigenvalue weighted by molar-refractivity contribution is 0.358. The quantitative estimate of drug-likeness (QED) is 0.453. The Kier molecular flexibility index (Phi) is 2.97. The second-order valence-electron chi connectivity index (χ2n) is 6.99. The summed E-state index contributed by atoms with van der Waals surface area (Å²) in [5.41, 5.74) is 7.87. The van der Waals surface area contributed by atoms with Gasteiger partial charge in [0.25, 0.3) is 0 Å². The molecular formula is C23H17N3O. The van der Waals surface area contributed by atoms with Gasteiger partial charge in [-0.3, -0.25) is 0 Å². The van der Waals surface area contributed by atoms with E-state index in [-0.39, 0.29) is 0 Å². The maximum Gasteiger partial charge on any atom is 0.137 e. The van der Waals surface area contributed by atoms with E-state index in [1.54, 1.807) is 0 Å². The number of nitrogens with one attached hydrogen (secondary N) is 2. The maximum absolute atomic E-state index is 5.92. The molecule has 0 fully saturated rings. The molecule has 0 atom stereocenters. The molecule has 6 rings (SSSR count). The summed E-state index contributed by atoms with van der Waals surface area (Å²) in [4.78, 5) is 11.2. The largest absolute Gasteiger partial charge is 0.492 e. The van der Waals surface area contributed by atoms with Gasteiger partial charge in [-0.25, -0.2) is 4.98 Å². The van der Waals surface area contributed by atoms with Crippen molar-refractivity contribution in [3.63, 3.8) is 0 Å². The first-order valence-electron chi connectivity index (χ1n) is 9.16. The third kappa shape index (κ3) is 2.20. The smallest absolute Gasteiger partial charge is 0.137 e. The Morgan fingerprint density at radius 3 is 2.93 bits per heavy atom. The monoisotopic (exact) mass is 351 g/mol. The number of rotatable bonds is 2. The average molecular weight is 351 g/mol. The zero-order valence-corrected chi connectivity index (χ0v) is 14.6. The van der Waals surface area contributed by atoms with Gasteiger partial charge in [0.15, 0.2) is 0 Å². The zero-order chi connectivity index (χ0) is 17.8. The van der Waals surface area contributed by atoms with Crippen LogP contribution in [0, 0.1) is 0 Å². The first kappa shape index (κ1) is 14.6. The molecule has 1 aliphatic heterocycles. The van der Waals surface area contributed by atoms with E-state index in [2.05, 4.69) is 63.5 Å². The number of ether oxygens (including phenoxy) is 1. The van der Waals surface area contributed by atoms with Gasteiger partial charge in [-0.15, -0.1) is 0 Å². The van der Waals surface area contributed by atoms with E-state index in [9.17, 15) is 0 Å². The van der Waals surface area contributed by atoms with E-state index in [0.717, 1.165) is 57.6 Å². The van der Waals surface area contributed by atoms with E-state index >= 15 is 0 Å². The number of aromatic nitrogens is 3. The van der Waals surface area contributed by atoms with E-state index in [1.165, 1.54) is 10.9 Å². The van der Waals surface area contributed by atoms with Gasteiger partial charge in [-0.05, 0) is 40.8 Å². The van der Waals surface area contributed by atoms with E-state index in [0.29, 0.717) is 0 Å². The third-order valence-electron chi connectivity index (χ3n) is 5.42. The minimum absolute atomic E-state index is 0.759. The number of hydrogen-bond donors (Lipinski definition) is 2. The summed E-state index contributed by atoms with van der Waals surface area (Å²) in [6.45, 7) is 0.759. The summed E-state index contributed by atoms with van der Waals surface area (Å²) >= 11 is 0. The molecule has 0 spiro atoms. The fourth-order valence-electron chi connectivity index (χ4n) is 4.04.